The summed E-state index contributed by atoms with van der Waals surface area (Å²) >= 11 is 1.28. The topological polar surface area (TPSA) is 62.3 Å². The van der Waals surface area contributed by atoms with Crippen LogP contribution in [0.2, 0.25) is 0 Å². The second-order valence-electron chi connectivity index (χ2n) is 6.91. The summed E-state index contributed by atoms with van der Waals surface area (Å²) in [4.78, 5) is 30.0. The van der Waals surface area contributed by atoms with Crippen LogP contribution in [0.3, 0.4) is 0 Å². The number of amides is 3. The number of anilines is 1. The largest absolute Gasteiger partial charge is 0.329 e. The predicted octanol–water partition coefficient (Wildman–Crippen LogP) is 4.18. The first kappa shape index (κ1) is 19.7. The molecule has 0 unspecified atom stereocenters. The molecule has 3 amide bonds. The van der Waals surface area contributed by atoms with Crippen LogP contribution in [0.4, 0.5) is 19.3 Å². The van der Waals surface area contributed by atoms with Crippen molar-refractivity contribution in [2.75, 3.05) is 4.90 Å². The highest BCUT2D eigenvalue weighted by Gasteiger charge is 2.44. The van der Waals surface area contributed by atoms with Crippen molar-refractivity contribution in [3.05, 3.63) is 81.8 Å². The van der Waals surface area contributed by atoms with E-state index in [1.165, 1.54) is 11.3 Å². The van der Waals surface area contributed by atoms with Crippen LogP contribution in [0.1, 0.15) is 29.5 Å². The van der Waals surface area contributed by atoms with Crippen LogP contribution in [0.5, 0.6) is 0 Å². The molecule has 1 aromatic heterocycles. The molecule has 0 spiro atoms. The van der Waals surface area contributed by atoms with Crippen LogP contribution in [-0.4, -0.2) is 16.9 Å². The molecule has 2 heterocycles. The molecule has 150 valence electrons. The van der Waals surface area contributed by atoms with Crippen molar-refractivity contribution in [3.8, 4) is 11.8 Å². The Kier molecular flexibility index (Phi) is 5.06. The summed E-state index contributed by atoms with van der Waals surface area (Å²) < 4.78 is 29.5. The third kappa shape index (κ3) is 3.67. The maximum absolute atomic E-state index is 14.7. The van der Waals surface area contributed by atoms with E-state index in [9.17, 15) is 18.4 Å². The minimum Gasteiger partial charge on any atom is -0.325 e. The van der Waals surface area contributed by atoms with Crippen molar-refractivity contribution in [2.24, 2.45) is 0 Å². The Morgan fingerprint density at radius 3 is 2.37 bits per heavy atom. The number of carbonyl (C=O) groups excluding carboxylic acids is 2. The first-order valence-corrected chi connectivity index (χ1v) is 9.86. The number of hydrogen-bond acceptors (Lipinski definition) is 4. The number of benzene rings is 2. The molecule has 0 radical (unpaired) electrons. The maximum atomic E-state index is 14.7. The highest BCUT2D eigenvalue weighted by atomic mass is 32.1. The highest BCUT2D eigenvalue weighted by Crippen LogP contribution is 2.34. The Balaban J connectivity index is 1.64. The van der Waals surface area contributed by atoms with Gasteiger partial charge in [0.25, 0.3) is 0 Å². The molecule has 2 aromatic carbocycles. The summed E-state index contributed by atoms with van der Waals surface area (Å²) in [6.45, 7) is 1.65. The number of thiazole rings is 1. The summed E-state index contributed by atoms with van der Waals surface area (Å²) in [5.74, 6) is 2.68. The standard InChI is InChI=1S/C22H15F2N3O2S/c1-22(20-25-9-10-30-20)13-18(28)27(21(29)26-22)19-16(23)11-15(12-17(19)24)8-7-14-5-3-2-4-6-14/h2-6,9-12H,13H2,1H3,(H,26,29)/t22-/m0/s1. The van der Waals surface area contributed by atoms with Gasteiger partial charge >= 0.3 is 6.03 Å². The van der Waals surface area contributed by atoms with Gasteiger partial charge in [-0.15, -0.1) is 11.3 Å². The molecule has 1 N–H and O–H groups in total. The monoisotopic (exact) mass is 423 g/mol. The van der Waals surface area contributed by atoms with E-state index in [4.69, 9.17) is 0 Å². The number of rotatable bonds is 2. The van der Waals surface area contributed by atoms with Crippen LogP contribution in [-0.2, 0) is 10.3 Å². The fourth-order valence-corrected chi connectivity index (χ4v) is 3.95. The third-order valence-corrected chi connectivity index (χ3v) is 5.65. The molecule has 3 aromatic rings. The lowest BCUT2D eigenvalue weighted by Gasteiger charge is -2.37. The van der Waals surface area contributed by atoms with Gasteiger partial charge in [0, 0.05) is 22.7 Å². The fourth-order valence-electron chi connectivity index (χ4n) is 3.20. The fraction of sp³-hybridized carbons (Fsp3) is 0.136. The summed E-state index contributed by atoms with van der Waals surface area (Å²) in [5, 5.41) is 4.90. The Bertz CT molecular complexity index is 1140. The molecule has 5 nitrogen and oxygen atoms in total. The average molecular weight is 423 g/mol. The first-order chi connectivity index (χ1) is 14.4. The van der Waals surface area contributed by atoms with Crippen LogP contribution < -0.4 is 10.2 Å². The zero-order valence-electron chi connectivity index (χ0n) is 15.8. The van der Waals surface area contributed by atoms with Gasteiger partial charge in [0.15, 0.2) is 11.6 Å². The van der Waals surface area contributed by atoms with Gasteiger partial charge in [-0.2, -0.15) is 0 Å². The van der Waals surface area contributed by atoms with Crippen molar-refractivity contribution < 1.29 is 18.4 Å². The number of urea groups is 1. The zero-order chi connectivity index (χ0) is 21.3. The lowest BCUT2D eigenvalue weighted by atomic mass is 9.95. The van der Waals surface area contributed by atoms with Crippen molar-refractivity contribution in [3.63, 3.8) is 0 Å². The van der Waals surface area contributed by atoms with Gasteiger partial charge in [-0.25, -0.2) is 23.5 Å². The van der Waals surface area contributed by atoms with Gasteiger partial charge in [0.1, 0.15) is 10.7 Å². The summed E-state index contributed by atoms with van der Waals surface area (Å²) in [6.07, 6.45) is 1.38. The molecule has 1 fully saturated rings. The van der Waals surface area contributed by atoms with Crippen molar-refractivity contribution in [1.82, 2.24) is 10.3 Å². The van der Waals surface area contributed by atoms with Gasteiger partial charge in [-0.05, 0) is 31.2 Å². The van der Waals surface area contributed by atoms with E-state index in [1.807, 2.05) is 6.07 Å². The van der Waals surface area contributed by atoms with Gasteiger partial charge < -0.3 is 5.32 Å². The average Bonchev–Trinajstić information content (AvgIpc) is 3.24. The molecule has 0 aliphatic carbocycles. The van der Waals surface area contributed by atoms with Gasteiger partial charge in [-0.3, -0.25) is 4.79 Å². The lowest BCUT2D eigenvalue weighted by Crippen LogP contribution is -2.59. The second kappa shape index (κ2) is 7.69. The Hall–Kier alpha value is -3.57. The Morgan fingerprint density at radius 2 is 1.77 bits per heavy atom. The van der Waals surface area contributed by atoms with E-state index in [0.29, 0.717) is 15.5 Å². The van der Waals surface area contributed by atoms with Crippen molar-refractivity contribution in [1.29, 1.82) is 0 Å². The molecule has 4 rings (SSSR count). The Morgan fingerprint density at radius 1 is 1.10 bits per heavy atom. The normalized spacial score (nSPS) is 18.6. The molecule has 1 atom stereocenters. The second-order valence-corrected chi connectivity index (χ2v) is 7.80. The minimum atomic E-state index is -1.05. The van der Waals surface area contributed by atoms with Gasteiger partial charge in [0.05, 0.1) is 12.0 Å². The van der Waals surface area contributed by atoms with Crippen molar-refractivity contribution in [2.45, 2.75) is 18.9 Å². The molecule has 1 saturated heterocycles. The smallest absolute Gasteiger partial charge is 0.325 e. The molecule has 0 saturated carbocycles. The maximum Gasteiger partial charge on any atom is 0.329 e. The number of hydrogen-bond donors (Lipinski definition) is 1. The van der Waals surface area contributed by atoms with Gasteiger partial charge in [-0.1, -0.05) is 30.0 Å². The number of aromatic nitrogens is 1. The molecule has 1 aliphatic rings. The predicted molar refractivity (Wildman–Crippen MR) is 109 cm³/mol. The lowest BCUT2D eigenvalue weighted by molar-refractivity contribution is -0.120. The van der Waals surface area contributed by atoms with Gasteiger partial charge in [0.2, 0.25) is 5.91 Å². The summed E-state index contributed by atoms with van der Waals surface area (Å²) in [5.41, 5.74) is -0.971. The van der Waals surface area contributed by atoms with E-state index in [-0.39, 0.29) is 12.0 Å². The van der Waals surface area contributed by atoms with E-state index in [0.717, 1.165) is 12.1 Å². The van der Waals surface area contributed by atoms with Crippen LogP contribution in [0.15, 0.2) is 54.0 Å². The van der Waals surface area contributed by atoms with E-state index >= 15 is 0 Å². The summed E-state index contributed by atoms with van der Waals surface area (Å²) in [7, 11) is 0. The van der Waals surface area contributed by atoms with E-state index in [2.05, 4.69) is 22.1 Å². The quantitative estimate of drug-likeness (QED) is 0.629. The van der Waals surface area contributed by atoms with E-state index < -0.39 is 34.8 Å². The Labute approximate surface area is 175 Å². The number of carbonyl (C=O) groups is 2. The van der Waals surface area contributed by atoms with Crippen LogP contribution in [0.25, 0.3) is 0 Å². The third-order valence-electron chi connectivity index (χ3n) is 4.61. The number of nitrogens with one attached hydrogen (secondary N) is 1. The molecular weight excluding hydrogens is 408 g/mol. The zero-order valence-corrected chi connectivity index (χ0v) is 16.6. The number of imide groups is 1. The number of nitrogens with zero attached hydrogens (tertiary/aromatic N) is 2. The number of halogens is 2. The minimum absolute atomic E-state index is 0.0927. The highest BCUT2D eigenvalue weighted by molar-refractivity contribution is 7.09. The summed E-state index contributed by atoms with van der Waals surface area (Å²) in [6, 6.07) is 10.1. The molecule has 1 aliphatic heterocycles. The van der Waals surface area contributed by atoms with Crippen molar-refractivity contribution >= 4 is 29.0 Å². The molecule has 8 heteroatoms. The van der Waals surface area contributed by atoms with Crippen LogP contribution >= 0.6 is 11.3 Å². The van der Waals surface area contributed by atoms with Crippen LogP contribution in [0, 0.1) is 23.5 Å². The SMILES string of the molecule is C[C@@]1(c2nccs2)CC(=O)N(c2c(F)cc(C#Cc3ccccc3)cc2F)C(=O)N1. The molecular formula is C22H15F2N3O2S. The molecule has 0 bridgehead atoms. The van der Waals surface area contributed by atoms with E-state index in [1.54, 1.807) is 42.8 Å². The first-order valence-electron chi connectivity index (χ1n) is 8.98. The molecule has 30 heavy (non-hydrogen) atoms.